The van der Waals surface area contributed by atoms with Crippen molar-refractivity contribution >= 4 is 12.4 Å². The lowest BCUT2D eigenvalue weighted by Gasteiger charge is -2.38. The number of nitrogens with zero attached hydrogens (tertiary/aromatic N) is 1. The maximum Gasteiger partial charge on any atom is 0.123 e. The summed E-state index contributed by atoms with van der Waals surface area (Å²) < 4.78 is 25.9. The first-order chi connectivity index (χ1) is 11.5. The minimum absolute atomic E-state index is 0. The van der Waals surface area contributed by atoms with E-state index in [0.717, 1.165) is 37.2 Å². The molecule has 0 spiro atoms. The molecule has 3 rings (SSSR count). The zero-order valence-corrected chi connectivity index (χ0v) is 14.9. The summed E-state index contributed by atoms with van der Waals surface area (Å²) in [4.78, 5) is 2.34. The molecular weight excluding hydrogens is 344 g/mol. The highest BCUT2D eigenvalue weighted by Gasteiger charge is 2.32. The lowest BCUT2D eigenvalue weighted by molar-refractivity contribution is -0.0203. The number of benzene rings is 2. The summed E-state index contributed by atoms with van der Waals surface area (Å²) in [6.07, 6.45) is 2.89. The van der Waals surface area contributed by atoms with Gasteiger partial charge in [-0.1, -0.05) is 24.3 Å². The molecule has 1 fully saturated rings. The van der Waals surface area contributed by atoms with E-state index in [2.05, 4.69) is 4.90 Å². The van der Waals surface area contributed by atoms with Gasteiger partial charge >= 0.3 is 0 Å². The van der Waals surface area contributed by atoms with Gasteiger partial charge in [0.25, 0.3) is 0 Å². The number of hydrogen-bond donors (Lipinski definition) is 1. The van der Waals surface area contributed by atoms with Crippen molar-refractivity contribution in [1.82, 2.24) is 4.90 Å². The van der Waals surface area contributed by atoms with Crippen LogP contribution in [0.2, 0.25) is 0 Å². The van der Waals surface area contributed by atoms with Crippen molar-refractivity contribution in [2.45, 2.75) is 31.3 Å². The highest BCUT2D eigenvalue weighted by atomic mass is 35.5. The molecule has 0 amide bonds. The van der Waals surface area contributed by atoms with E-state index in [0.29, 0.717) is 19.3 Å². The third kappa shape index (κ3) is 5.77. The zero-order chi connectivity index (χ0) is 17.0. The van der Waals surface area contributed by atoms with Crippen LogP contribution >= 0.6 is 12.4 Å². The van der Waals surface area contributed by atoms with Gasteiger partial charge in [-0.25, -0.2) is 8.78 Å². The molecule has 136 valence electrons. The first kappa shape index (κ1) is 19.8. The normalized spacial score (nSPS) is 17.1. The number of rotatable bonds is 5. The van der Waals surface area contributed by atoms with Crippen LogP contribution in [0.3, 0.4) is 0 Å². The summed E-state index contributed by atoms with van der Waals surface area (Å²) in [7, 11) is 0. The topological polar surface area (TPSA) is 23.5 Å². The Bertz CT molecular complexity index is 652. The average molecular weight is 368 g/mol. The van der Waals surface area contributed by atoms with E-state index in [1.807, 2.05) is 12.1 Å². The molecule has 0 aromatic heterocycles. The van der Waals surface area contributed by atoms with Crippen LogP contribution in [0.4, 0.5) is 8.78 Å². The first-order valence-corrected chi connectivity index (χ1v) is 8.46. The van der Waals surface area contributed by atoms with Crippen LogP contribution in [0.1, 0.15) is 24.0 Å². The smallest absolute Gasteiger partial charge is 0.123 e. The molecule has 0 unspecified atom stereocenters. The van der Waals surface area contributed by atoms with Gasteiger partial charge in [-0.05, 0) is 54.7 Å². The van der Waals surface area contributed by atoms with Crippen LogP contribution < -0.4 is 0 Å². The molecule has 0 radical (unpaired) electrons. The number of aliphatic hydroxyl groups is 1. The summed E-state index contributed by atoms with van der Waals surface area (Å²) in [5, 5.41) is 10.8. The van der Waals surface area contributed by atoms with Gasteiger partial charge in [0, 0.05) is 26.1 Å². The largest absolute Gasteiger partial charge is 0.389 e. The molecule has 5 heteroatoms. The Morgan fingerprint density at radius 3 is 1.84 bits per heavy atom. The summed E-state index contributed by atoms with van der Waals surface area (Å²) in [5.74, 6) is -0.455. The fraction of sp³-hybridized carbons (Fsp3) is 0.400. The van der Waals surface area contributed by atoms with E-state index in [-0.39, 0.29) is 24.0 Å². The Hall–Kier alpha value is -1.49. The van der Waals surface area contributed by atoms with Gasteiger partial charge in [0.15, 0.2) is 0 Å². The summed E-state index contributed by atoms with van der Waals surface area (Å²) in [6.45, 7) is 2.61. The predicted molar refractivity (Wildman–Crippen MR) is 98.1 cm³/mol. The fourth-order valence-electron chi connectivity index (χ4n) is 3.29. The molecule has 1 N–H and O–H groups in total. The summed E-state index contributed by atoms with van der Waals surface area (Å²) in [6, 6.07) is 13.0. The monoisotopic (exact) mass is 367 g/mol. The van der Waals surface area contributed by atoms with Crippen LogP contribution in [0.25, 0.3) is 0 Å². The molecule has 1 heterocycles. The molecule has 2 nitrogen and oxygen atoms in total. The predicted octanol–water partition coefficient (Wildman–Crippen LogP) is 4.00. The third-order valence-corrected chi connectivity index (χ3v) is 4.86. The number of likely N-dealkylation sites (tertiary alicyclic amines) is 1. The van der Waals surface area contributed by atoms with Crippen molar-refractivity contribution < 1.29 is 13.9 Å². The van der Waals surface area contributed by atoms with E-state index in [9.17, 15) is 13.9 Å². The van der Waals surface area contributed by atoms with Crippen molar-refractivity contribution in [2.24, 2.45) is 0 Å². The second-order valence-corrected chi connectivity index (χ2v) is 6.75. The molecule has 1 aliphatic rings. The van der Waals surface area contributed by atoms with Gasteiger partial charge in [0.05, 0.1) is 5.60 Å². The van der Waals surface area contributed by atoms with E-state index in [4.69, 9.17) is 0 Å². The summed E-state index contributed by atoms with van der Waals surface area (Å²) in [5.41, 5.74) is 1.40. The zero-order valence-electron chi connectivity index (χ0n) is 14.1. The second kappa shape index (κ2) is 8.75. The van der Waals surface area contributed by atoms with Gasteiger partial charge in [-0.2, -0.15) is 0 Å². The Labute approximate surface area is 153 Å². The van der Waals surface area contributed by atoms with Gasteiger partial charge in [-0.15, -0.1) is 12.4 Å². The highest BCUT2D eigenvalue weighted by molar-refractivity contribution is 5.85. The van der Waals surface area contributed by atoms with E-state index in [1.165, 1.54) is 24.3 Å². The molecule has 25 heavy (non-hydrogen) atoms. The van der Waals surface area contributed by atoms with Crippen molar-refractivity contribution in [3.05, 3.63) is 71.3 Å². The molecule has 2 aromatic carbocycles. The molecule has 1 saturated heterocycles. The van der Waals surface area contributed by atoms with E-state index < -0.39 is 5.60 Å². The van der Waals surface area contributed by atoms with Crippen molar-refractivity contribution in [3.63, 3.8) is 0 Å². The van der Waals surface area contributed by atoms with Gasteiger partial charge in [0.2, 0.25) is 0 Å². The number of hydrogen-bond acceptors (Lipinski definition) is 2. The minimum atomic E-state index is -0.704. The lowest BCUT2D eigenvalue weighted by atomic mass is 9.85. The molecule has 0 saturated carbocycles. The van der Waals surface area contributed by atoms with Gasteiger partial charge < -0.3 is 10.0 Å². The van der Waals surface area contributed by atoms with Crippen LogP contribution in [-0.2, 0) is 12.8 Å². The van der Waals surface area contributed by atoms with Gasteiger partial charge in [0.1, 0.15) is 11.6 Å². The van der Waals surface area contributed by atoms with Crippen LogP contribution in [-0.4, -0.2) is 35.2 Å². The van der Waals surface area contributed by atoms with Crippen LogP contribution in [0, 0.1) is 11.6 Å². The number of halogens is 3. The molecular formula is C20H24ClF2NO. The Kier molecular flexibility index (Phi) is 6.94. The fourth-order valence-corrected chi connectivity index (χ4v) is 3.29. The summed E-state index contributed by atoms with van der Waals surface area (Å²) >= 11 is 0. The highest BCUT2D eigenvalue weighted by Crippen LogP contribution is 2.26. The SMILES string of the molecule is Cl.OC1(Cc2ccc(F)cc2)CCN(CCc2ccc(F)cc2)CC1. The maximum absolute atomic E-state index is 13.0. The molecule has 0 atom stereocenters. The minimum Gasteiger partial charge on any atom is -0.389 e. The average Bonchev–Trinajstić information content (AvgIpc) is 2.58. The Morgan fingerprint density at radius 1 is 0.840 bits per heavy atom. The molecule has 2 aromatic rings. The Morgan fingerprint density at radius 2 is 1.32 bits per heavy atom. The van der Waals surface area contributed by atoms with Crippen molar-refractivity contribution in [1.29, 1.82) is 0 Å². The number of piperidine rings is 1. The molecule has 0 aliphatic carbocycles. The van der Waals surface area contributed by atoms with Crippen LogP contribution in [0.15, 0.2) is 48.5 Å². The van der Waals surface area contributed by atoms with Crippen molar-refractivity contribution in [3.8, 4) is 0 Å². The van der Waals surface area contributed by atoms with Crippen molar-refractivity contribution in [2.75, 3.05) is 19.6 Å². The third-order valence-electron chi connectivity index (χ3n) is 4.86. The molecule has 1 aliphatic heterocycles. The standard InChI is InChI=1S/C20H23F2NO.ClH/c21-18-5-1-16(2-6-18)9-12-23-13-10-20(24,11-14-23)15-17-3-7-19(22)8-4-17;/h1-8,24H,9-15H2;1H. The molecule has 0 bridgehead atoms. The first-order valence-electron chi connectivity index (χ1n) is 8.46. The van der Waals surface area contributed by atoms with Crippen LogP contribution in [0.5, 0.6) is 0 Å². The lowest BCUT2D eigenvalue weighted by Crippen LogP contribution is -2.46. The second-order valence-electron chi connectivity index (χ2n) is 6.75. The van der Waals surface area contributed by atoms with Gasteiger partial charge in [-0.3, -0.25) is 0 Å². The van der Waals surface area contributed by atoms with E-state index in [1.54, 1.807) is 12.1 Å². The Balaban J connectivity index is 0.00000225. The van der Waals surface area contributed by atoms with E-state index >= 15 is 0 Å². The maximum atomic E-state index is 13.0. The quantitative estimate of drug-likeness (QED) is 0.863.